The lowest BCUT2D eigenvalue weighted by Gasteiger charge is -2.01. The van der Waals surface area contributed by atoms with Crippen molar-refractivity contribution in [2.24, 2.45) is 4.99 Å². The summed E-state index contributed by atoms with van der Waals surface area (Å²) in [6.45, 7) is 0.107. The van der Waals surface area contributed by atoms with Crippen molar-refractivity contribution >= 4 is 44.7 Å². The summed E-state index contributed by atoms with van der Waals surface area (Å²) in [5.74, 6) is 1.17. The second-order valence-electron chi connectivity index (χ2n) is 5.12. The number of aromatic nitrogens is 1. The van der Waals surface area contributed by atoms with Crippen molar-refractivity contribution in [3.05, 3.63) is 67.7 Å². The number of hydrogen-bond donors (Lipinski definition) is 0. The highest BCUT2D eigenvalue weighted by atomic mass is 35.5. The molecule has 130 valence electrons. The zero-order valence-electron chi connectivity index (χ0n) is 13.0. The van der Waals surface area contributed by atoms with Crippen LogP contribution in [0.15, 0.2) is 41.4 Å². The molecule has 1 heterocycles. The number of hydrogen-bond acceptors (Lipinski definition) is 4. The monoisotopic (exact) mass is 389 g/mol. The van der Waals surface area contributed by atoms with Crippen LogP contribution in [0.5, 0.6) is 0 Å². The molecule has 9 heteroatoms. The van der Waals surface area contributed by atoms with E-state index in [1.54, 1.807) is 4.57 Å². The molecule has 0 unspecified atom stereocenters. The van der Waals surface area contributed by atoms with Crippen LogP contribution < -0.4 is 4.80 Å². The fourth-order valence-corrected chi connectivity index (χ4v) is 3.59. The van der Waals surface area contributed by atoms with Crippen molar-refractivity contribution in [3.63, 3.8) is 0 Å². The first-order valence-electron chi connectivity index (χ1n) is 7.16. The average Bonchev–Trinajstić information content (AvgIpc) is 2.91. The van der Waals surface area contributed by atoms with Gasteiger partial charge in [-0.05, 0) is 30.3 Å². The predicted molar refractivity (Wildman–Crippen MR) is 96.6 cm³/mol. The molecule has 1 amide bonds. The van der Waals surface area contributed by atoms with Crippen LogP contribution in [0.2, 0.25) is 5.02 Å². The molecule has 0 aliphatic carbocycles. The van der Waals surface area contributed by atoms with Gasteiger partial charge in [-0.1, -0.05) is 28.9 Å². The number of terminal acetylenes is 1. The van der Waals surface area contributed by atoms with Crippen molar-refractivity contribution in [2.45, 2.75) is 6.54 Å². The summed E-state index contributed by atoms with van der Waals surface area (Å²) in [4.78, 5) is 27.2. The number of nitrogens with zero attached hydrogens (tertiary/aromatic N) is 3. The number of carbonyl (C=O) groups is 1. The highest BCUT2D eigenvalue weighted by molar-refractivity contribution is 7.16. The van der Waals surface area contributed by atoms with Crippen LogP contribution in [-0.4, -0.2) is 15.4 Å². The molecule has 0 aliphatic heterocycles. The maximum atomic E-state index is 13.4. The van der Waals surface area contributed by atoms with E-state index in [2.05, 4.69) is 10.9 Å². The maximum absolute atomic E-state index is 13.4. The molecule has 0 atom stereocenters. The van der Waals surface area contributed by atoms with Crippen LogP contribution in [0.1, 0.15) is 10.4 Å². The summed E-state index contributed by atoms with van der Waals surface area (Å²) in [5, 5.41) is 11.3. The largest absolute Gasteiger partial charge is 0.305 e. The van der Waals surface area contributed by atoms with Crippen LogP contribution >= 0.6 is 22.9 Å². The summed E-state index contributed by atoms with van der Waals surface area (Å²) < 4.78 is 15.6. The summed E-state index contributed by atoms with van der Waals surface area (Å²) in [6, 6.07) is 7.75. The lowest BCUT2D eigenvalue weighted by molar-refractivity contribution is -0.385. The van der Waals surface area contributed by atoms with Gasteiger partial charge in [0.15, 0.2) is 4.80 Å². The normalized spacial score (nSPS) is 11.5. The second kappa shape index (κ2) is 7.07. The SMILES string of the molecule is C#CCn1c(=NC(=O)c2cc(Cl)ccc2[N+](=O)[O-])sc2cc(F)ccc21. The van der Waals surface area contributed by atoms with Gasteiger partial charge in [0.1, 0.15) is 11.4 Å². The number of nitro benzene ring substituents is 1. The fourth-order valence-electron chi connectivity index (χ4n) is 2.36. The zero-order chi connectivity index (χ0) is 18.8. The van der Waals surface area contributed by atoms with Gasteiger partial charge in [-0.25, -0.2) is 4.39 Å². The number of benzene rings is 2. The Hall–Kier alpha value is -3.02. The van der Waals surface area contributed by atoms with Crippen molar-refractivity contribution in [1.29, 1.82) is 0 Å². The first-order valence-corrected chi connectivity index (χ1v) is 8.35. The Labute approximate surface area is 155 Å². The third-order valence-corrected chi connectivity index (χ3v) is 4.75. The van der Waals surface area contributed by atoms with E-state index in [4.69, 9.17) is 18.0 Å². The molecule has 1 aromatic heterocycles. The van der Waals surface area contributed by atoms with Crippen LogP contribution in [0.3, 0.4) is 0 Å². The first kappa shape index (κ1) is 17.8. The molecule has 26 heavy (non-hydrogen) atoms. The summed E-state index contributed by atoms with van der Waals surface area (Å²) >= 11 is 6.90. The second-order valence-corrected chi connectivity index (χ2v) is 6.57. The van der Waals surface area contributed by atoms with E-state index in [-0.39, 0.29) is 21.9 Å². The highest BCUT2D eigenvalue weighted by Gasteiger charge is 2.20. The lowest BCUT2D eigenvalue weighted by Crippen LogP contribution is -2.17. The smallest absolute Gasteiger partial charge is 0.286 e. The van der Waals surface area contributed by atoms with Gasteiger partial charge in [0, 0.05) is 11.1 Å². The van der Waals surface area contributed by atoms with Crippen LogP contribution in [0, 0.1) is 28.3 Å². The minimum Gasteiger partial charge on any atom is -0.305 e. The lowest BCUT2D eigenvalue weighted by atomic mass is 10.2. The van der Waals surface area contributed by atoms with E-state index in [1.165, 1.54) is 30.3 Å². The van der Waals surface area contributed by atoms with E-state index in [1.807, 2.05) is 0 Å². The number of carbonyl (C=O) groups excluding carboxylic acids is 1. The third kappa shape index (κ3) is 3.35. The summed E-state index contributed by atoms with van der Waals surface area (Å²) in [7, 11) is 0. The Kier molecular flexibility index (Phi) is 4.84. The van der Waals surface area contributed by atoms with Gasteiger partial charge < -0.3 is 4.57 Å². The molecule has 3 rings (SSSR count). The number of halogens is 2. The number of thiazole rings is 1. The molecular weight excluding hydrogens is 381 g/mol. The van der Waals surface area contributed by atoms with Crippen molar-refractivity contribution in [2.75, 3.05) is 0 Å². The fraction of sp³-hybridized carbons (Fsp3) is 0.0588. The van der Waals surface area contributed by atoms with Crippen LogP contribution in [-0.2, 0) is 6.54 Å². The molecule has 0 fully saturated rings. The molecule has 0 radical (unpaired) electrons. The summed E-state index contributed by atoms with van der Waals surface area (Å²) in [5.41, 5.74) is -0.0290. The van der Waals surface area contributed by atoms with E-state index < -0.39 is 22.3 Å². The molecular formula is C17H9ClFN3O3S. The van der Waals surface area contributed by atoms with Crippen LogP contribution in [0.4, 0.5) is 10.1 Å². The molecule has 0 spiro atoms. The standard InChI is InChI=1S/C17H9ClFN3O3S/c1-2-7-21-14-6-4-11(19)9-15(14)26-17(21)20-16(23)12-8-10(18)3-5-13(12)22(24)25/h1,3-6,8-9H,7H2. The predicted octanol–water partition coefficient (Wildman–Crippen LogP) is 3.78. The van der Waals surface area contributed by atoms with Crippen molar-refractivity contribution in [1.82, 2.24) is 4.57 Å². The molecule has 3 aromatic rings. The Balaban J connectivity index is 2.21. The Morgan fingerprint density at radius 2 is 2.15 bits per heavy atom. The maximum Gasteiger partial charge on any atom is 0.286 e. The van der Waals surface area contributed by atoms with Gasteiger partial charge in [0.25, 0.3) is 11.6 Å². The number of amides is 1. The van der Waals surface area contributed by atoms with Gasteiger partial charge >= 0.3 is 0 Å². The molecule has 2 aromatic carbocycles. The molecule has 0 saturated carbocycles. The van der Waals surface area contributed by atoms with Gasteiger partial charge in [-0.3, -0.25) is 14.9 Å². The van der Waals surface area contributed by atoms with E-state index in [0.717, 1.165) is 17.4 Å². The van der Waals surface area contributed by atoms with Gasteiger partial charge in [-0.2, -0.15) is 4.99 Å². The van der Waals surface area contributed by atoms with Gasteiger partial charge in [0.05, 0.1) is 21.7 Å². The van der Waals surface area contributed by atoms with Crippen molar-refractivity contribution < 1.29 is 14.1 Å². The number of nitro groups is 1. The number of fused-ring (bicyclic) bond motifs is 1. The molecule has 6 nitrogen and oxygen atoms in total. The first-order chi connectivity index (χ1) is 12.4. The third-order valence-electron chi connectivity index (χ3n) is 3.48. The zero-order valence-corrected chi connectivity index (χ0v) is 14.6. The minimum absolute atomic E-state index is 0.107. The Morgan fingerprint density at radius 3 is 2.85 bits per heavy atom. The van der Waals surface area contributed by atoms with E-state index in [9.17, 15) is 19.3 Å². The van der Waals surface area contributed by atoms with Crippen LogP contribution in [0.25, 0.3) is 10.2 Å². The Bertz CT molecular complexity index is 1160. The minimum atomic E-state index is -0.836. The molecule has 0 bridgehead atoms. The van der Waals surface area contributed by atoms with E-state index in [0.29, 0.717) is 10.2 Å². The molecule has 0 aliphatic rings. The quantitative estimate of drug-likeness (QED) is 0.388. The van der Waals surface area contributed by atoms with E-state index >= 15 is 0 Å². The molecule has 0 saturated heterocycles. The molecule has 0 N–H and O–H groups in total. The van der Waals surface area contributed by atoms with Gasteiger partial charge in [-0.15, -0.1) is 6.42 Å². The highest BCUT2D eigenvalue weighted by Crippen LogP contribution is 2.24. The topological polar surface area (TPSA) is 77.5 Å². The van der Waals surface area contributed by atoms with Gasteiger partial charge in [0.2, 0.25) is 0 Å². The summed E-state index contributed by atoms with van der Waals surface area (Å²) in [6.07, 6.45) is 5.36. The van der Waals surface area contributed by atoms with Crippen molar-refractivity contribution in [3.8, 4) is 12.3 Å². The average molecular weight is 390 g/mol. The number of rotatable bonds is 3. The Morgan fingerprint density at radius 1 is 1.38 bits per heavy atom.